The van der Waals surface area contributed by atoms with Crippen LogP contribution in [0, 0.1) is 0 Å². The van der Waals surface area contributed by atoms with Crippen LogP contribution in [-0.4, -0.2) is 19.5 Å². The van der Waals surface area contributed by atoms with Gasteiger partial charge in [0.2, 0.25) is 0 Å². The van der Waals surface area contributed by atoms with Crippen LogP contribution in [-0.2, 0) is 9.47 Å². The highest BCUT2D eigenvalue weighted by Crippen LogP contribution is 2.25. The summed E-state index contributed by atoms with van der Waals surface area (Å²) < 4.78 is 9.87. The number of hydrogen-bond donors (Lipinski definition) is 0. The Hall–Kier alpha value is -0.340. The van der Waals surface area contributed by atoms with Crippen LogP contribution in [0.1, 0.15) is 6.42 Å². The first-order valence-electron chi connectivity index (χ1n) is 2.67. The Morgan fingerprint density at radius 1 is 1.88 bits per heavy atom. The lowest BCUT2D eigenvalue weighted by molar-refractivity contribution is 0.0950. The summed E-state index contributed by atoms with van der Waals surface area (Å²) in [7, 11) is 1.65. The highest BCUT2D eigenvalue weighted by atomic mass is 16.8. The van der Waals surface area contributed by atoms with E-state index in [1.807, 2.05) is 6.08 Å². The highest BCUT2D eigenvalue weighted by Gasteiger charge is 2.37. The molecule has 2 unspecified atom stereocenters. The second kappa shape index (κ2) is 2.29. The van der Waals surface area contributed by atoms with E-state index < -0.39 is 0 Å². The molecule has 2 atom stereocenters. The topological polar surface area (TPSA) is 21.8 Å². The zero-order valence-electron chi connectivity index (χ0n) is 4.96. The second-order valence-corrected chi connectivity index (χ2v) is 1.80. The molecule has 1 rings (SSSR count). The molecule has 1 aliphatic rings. The van der Waals surface area contributed by atoms with Crippen molar-refractivity contribution in [2.75, 3.05) is 7.11 Å². The molecule has 0 aromatic carbocycles. The van der Waals surface area contributed by atoms with Crippen molar-refractivity contribution in [2.24, 2.45) is 0 Å². The van der Waals surface area contributed by atoms with E-state index in [0.29, 0.717) is 0 Å². The minimum Gasteiger partial charge on any atom is -0.353 e. The Labute approximate surface area is 49.1 Å². The van der Waals surface area contributed by atoms with Crippen LogP contribution in [0.15, 0.2) is 12.7 Å². The maximum atomic E-state index is 5.01. The minimum absolute atomic E-state index is 0.0491. The molecule has 0 N–H and O–H groups in total. The summed E-state index contributed by atoms with van der Waals surface area (Å²) in [5.74, 6) is 0. The Kier molecular flexibility index (Phi) is 1.65. The largest absolute Gasteiger partial charge is 0.353 e. The maximum Gasteiger partial charge on any atom is 0.184 e. The lowest BCUT2D eigenvalue weighted by Gasteiger charge is -1.83. The molecular formula is C6H10O2. The first kappa shape index (κ1) is 5.79. The molecule has 2 heteroatoms. The molecule has 8 heavy (non-hydrogen) atoms. The molecule has 0 aromatic heterocycles. The summed E-state index contributed by atoms with van der Waals surface area (Å²) in [6.07, 6.45) is 3.08. The van der Waals surface area contributed by atoms with Gasteiger partial charge in [0, 0.05) is 7.11 Å². The van der Waals surface area contributed by atoms with Crippen LogP contribution in [0.5, 0.6) is 0 Å². The van der Waals surface area contributed by atoms with Gasteiger partial charge in [-0.15, -0.1) is 6.58 Å². The fraction of sp³-hybridized carbons (Fsp3) is 0.667. The molecule has 0 aliphatic carbocycles. The standard InChI is InChI=1S/C6H10O2/c1-3-4-5-6(7-2)8-5/h3,5-6H,1,4H2,2H3. The van der Waals surface area contributed by atoms with Gasteiger partial charge >= 0.3 is 0 Å². The van der Waals surface area contributed by atoms with Crippen LogP contribution in [0.4, 0.5) is 0 Å². The van der Waals surface area contributed by atoms with Gasteiger partial charge in [-0.3, -0.25) is 0 Å². The third kappa shape index (κ3) is 1.08. The van der Waals surface area contributed by atoms with Gasteiger partial charge in [0.05, 0.1) is 0 Å². The van der Waals surface area contributed by atoms with Crippen LogP contribution in [0.2, 0.25) is 0 Å². The predicted molar refractivity (Wildman–Crippen MR) is 30.5 cm³/mol. The molecule has 0 spiro atoms. The second-order valence-electron chi connectivity index (χ2n) is 1.80. The summed E-state index contributed by atoms with van der Waals surface area (Å²) in [5.41, 5.74) is 0. The van der Waals surface area contributed by atoms with E-state index in [4.69, 9.17) is 9.47 Å². The molecule has 2 nitrogen and oxygen atoms in total. The molecule has 0 saturated carbocycles. The zero-order chi connectivity index (χ0) is 5.98. The van der Waals surface area contributed by atoms with Gasteiger partial charge < -0.3 is 9.47 Å². The van der Waals surface area contributed by atoms with E-state index in [-0.39, 0.29) is 12.4 Å². The average molecular weight is 114 g/mol. The molecule has 0 radical (unpaired) electrons. The van der Waals surface area contributed by atoms with Crippen molar-refractivity contribution in [1.82, 2.24) is 0 Å². The van der Waals surface area contributed by atoms with Gasteiger partial charge in [0.15, 0.2) is 6.29 Å². The van der Waals surface area contributed by atoms with Crippen LogP contribution < -0.4 is 0 Å². The monoisotopic (exact) mass is 114 g/mol. The van der Waals surface area contributed by atoms with Crippen LogP contribution >= 0.6 is 0 Å². The summed E-state index contributed by atoms with van der Waals surface area (Å²) in [6, 6.07) is 0. The van der Waals surface area contributed by atoms with Crippen molar-refractivity contribution >= 4 is 0 Å². The quantitative estimate of drug-likeness (QED) is 0.402. The fourth-order valence-corrected chi connectivity index (χ4v) is 0.665. The smallest absolute Gasteiger partial charge is 0.184 e. The van der Waals surface area contributed by atoms with Crippen molar-refractivity contribution in [2.45, 2.75) is 18.8 Å². The maximum absolute atomic E-state index is 5.01. The Bertz CT molecular complexity index is 90.5. The van der Waals surface area contributed by atoms with E-state index in [1.165, 1.54) is 0 Å². The Morgan fingerprint density at radius 2 is 2.62 bits per heavy atom. The molecule has 1 heterocycles. The molecule has 0 aromatic rings. The van der Waals surface area contributed by atoms with Crippen molar-refractivity contribution in [1.29, 1.82) is 0 Å². The summed E-state index contributed by atoms with van der Waals surface area (Å²) >= 11 is 0. The van der Waals surface area contributed by atoms with E-state index >= 15 is 0 Å². The normalized spacial score (nSPS) is 34.6. The highest BCUT2D eigenvalue weighted by molar-refractivity contribution is 4.84. The zero-order valence-corrected chi connectivity index (χ0v) is 4.96. The predicted octanol–water partition coefficient (Wildman–Crippen LogP) is 0.934. The number of ether oxygens (including phenoxy) is 2. The molecule has 0 bridgehead atoms. The average Bonchev–Trinajstić information content (AvgIpc) is 2.48. The molecule has 0 amide bonds. The Morgan fingerprint density at radius 3 is 3.00 bits per heavy atom. The summed E-state index contributed by atoms with van der Waals surface area (Å²) in [4.78, 5) is 0. The molecule has 46 valence electrons. The van der Waals surface area contributed by atoms with Gasteiger partial charge in [0.1, 0.15) is 6.10 Å². The fourth-order valence-electron chi connectivity index (χ4n) is 0.665. The molecule has 1 fully saturated rings. The van der Waals surface area contributed by atoms with E-state index in [1.54, 1.807) is 7.11 Å². The number of hydrogen-bond acceptors (Lipinski definition) is 2. The first-order valence-corrected chi connectivity index (χ1v) is 2.67. The van der Waals surface area contributed by atoms with Crippen LogP contribution in [0.3, 0.4) is 0 Å². The van der Waals surface area contributed by atoms with Crippen molar-refractivity contribution in [3.63, 3.8) is 0 Å². The summed E-state index contributed by atoms with van der Waals surface area (Å²) in [6.45, 7) is 3.57. The van der Waals surface area contributed by atoms with Crippen molar-refractivity contribution < 1.29 is 9.47 Å². The van der Waals surface area contributed by atoms with E-state index in [9.17, 15) is 0 Å². The Balaban J connectivity index is 2.07. The number of epoxide rings is 1. The molecule has 1 aliphatic heterocycles. The minimum atomic E-state index is 0.0491. The number of rotatable bonds is 3. The lowest BCUT2D eigenvalue weighted by Crippen LogP contribution is -1.93. The van der Waals surface area contributed by atoms with Crippen molar-refractivity contribution in [3.05, 3.63) is 12.7 Å². The van der Waals surface area contributed by atoms with Gasteiger partial charge in [-0.2, -0.15) is 0 Å². The van der Waals surface area contributed by atoms with E-state index in [0.717, 1.165) is 6.42 Å². The third-order valence-electron chi connectivity index (χ3n) is 1.17. The van der Waals surface area contributed by atoms with E-state index in [2.05, 4.69) is 6.58 Å². The van der Waals surface area contributed by atoms with Crippen molar-refractivity contribution in [3.8, 4) is 0 Å². The molecular weight excluding hydrogens is 104 g/mol. The lowest BCUT2D eigenvalue weighted by atomic mass is 10.3. The SMILES string of the molecule is C=CCC1OC1OC. The van der Waals surface area contributed by atoms with Gasteiger partial charge in [0.25, 0.3) is 0 Å². The van der Waals surface area contributed by atoms with Gasteiger partial charge in [-0.1, -0.05) is 6.08 Å². The van der Waals surface area contributed by atoms with Crippen LogP contribution in [0.25, 0.3) is 0 Å². The summed E-state index contributed by atoms with van der Waals surface area (Å²) in [5, 5.41) is 0. The number of methoxy groups -OCH3 is 1. The first-order chi connectivity index (χ1) is 3.88. The third-order valence-corrected chi connectivity index (χ3v) is 1.17. The van der Waals surface area contributed by atoms with Gasteiger partial charge in [-0.25, -0.2) is 0 Å². The molecule has 1 saturated heterocycles. The van der Waals surface area contributed by atoms with Gasteiger partial charge in [-0.05, 0) is 6.42 Å².